The van der Waals surface area contributed by atoms with Gasteiger partial charge in [0.05, 0.1) is 0 Å². The molecule has 2 aromatic heterocycles. The fraction of sp³-hybridized carbons (Fsp3) is 0.0789. The normalized spacial score (nSPS) is 10.9. The zero-order valence-electron chi connectivity index (χ0n) is 44.9. The van der Waals surface area contributed by atoms with Gasteiger partial charge in [-0.1, -0.05) is 216 Å². The average Bonchev–Trinajstić information content (AvgIpc) is 3.59. The second kappa shape index (κ2) is 25.1. The topological polar surface area (TPSA) is 25.8 Å². The molecule has 0 bridgehead atoms. The largest absolute Gasteiger partial charge is 0.305 e. The van der Waals surface area contributed by atoms with Gasteiger partial charge in [0.15, 0.2) is 0 Å². The Kier molecular flexibility index (Phi) is 17.0. The Bertz CT molecular complexity index is 3840. The number of rotatable bonds is 12. The summed E-state index contributed by atoms with van der Waals surface area (Å²) in [4.78, 5) is 9.07. The molecule has 0 unspecified atom stereocenters. The Balaban J connectivity index is 0.000000195. The van der Waals surface area contributed by atoms with Crippen molar-refractivity contribution in [3.05, 3.63) is 303 Å². The van der Waals surface area contributed by atoms with Crippen LogP contribution >= 0.6 is 0 Å². The summed E-state index contributed by atoms with van der Waals surface area (Å²) < 4.78 is 0. The van der Waals surface area contributed by atoms with Gasteiger partial charge >= 0.3 is 0 Å². The summed E-state index contributed by atoms with van der Waals surface area (Å²) in [6, 6.07) is 102. The van der Waals surface area contributed by atoms with Crippen LogP contribution in [0.15, 0.2) is 279 Å². The van der Waals surface area contributed by atoms with Crippen molar-refractivity contribution in [1.29, 1.82) is 0 Å². The summed E-state index contributed by atoms with van der Waals surface area (Å²) in [7, 11) is 0. The molecule has 0 fully saturated rings. The molecule has 0 aliphatic rings. The van der Waals surface area contributed by atoms with Gasteiger partial charge < -0.3 is 9.97 Å². The molecule has 385 valence electrons. The third-order valence-corrected chi connectivity index (χ3v) is 14.5. The number of hydrogen-bond donors (Lipinski definition) is 0. The van der Waals surface area contributed by atoms with E-state index in [1.165, 1.54) is 89.0 Å². The standard InChI is InChI=1S/C47H40N.C29H20N.Ir/c1-32(2)42-22-13-23-43(33(3)4)47(42)45-31-39(25-26-44(45)40-20-12-21-41(30-40)46-24-8-9-27-48-46)38-19-11-18-37(29-38)36-17-10-16-35(28-36)34-14-6-5-7-15-34;1-2-9-22(10-3-1)23-11-6-12-24(19-23)25-13-7-14-26(20-25)27-15-8-16-28(21-27)29-17-4-5-18-30-29;/h5-20,22-33H,1-4H3;1-15,17-21H;/q2*-1;. The van der Waals surface area contributed by atoms with E-state index in [2.05, 4.69) is 262 Å². The smallest absolute Gasteiger partial charge is 0.0160 e. The molecule has 0 aliphatic heterocycles. The molecular formula is C76H60IrN2-2. The van der Waals surface area contributed by atoms with Crippen LogP contribution in [0.25, 0.3) is 112 Å². The van der Waals surface area contributed by atoms with Gasteiger partial charge in [-0.2, -0.15) is 0 Å². The van der Waals surface area contributed by atoms with Crippen LogP contribution < -0.4 is 0 Å². The average molecular weight is 1190 g/mol. The first-order chi connectivity index (χ1) is 38.3. The van der Waals surface area contributed by atoms with Crippen molar-refractivity contribution in [2.45, 2.75) is 39.5 Å². The Morgan fingerprint density at radius 3 is 1.03 bits per heavy atom. The molecule has 0 atom stereocenters. The van der Waals surface area contributed by atoms with Crippen LogP contribution in [0, 0.1) is 12.1 Å². The summed E-state index contributed by atoms with van der Waals surface area (Å²) in [6.07, 6.45) is 3.66. The molecule has 3 heteroatoms. The molecule has 12 rings (SSSR count). The van der Waals surface area contributed by atoms with E-state index in [4.69, 9.17) is 0 Å². The quantitative estimate of drug-likeness (QED) is 0.114. The minimum atomic E-state index is 0. The van der Waals surface area contributed by atoms with E-state index < -0.39 is 0 Å². The van der Waals surface area contributed by atoms with Gasteiger partial charge in [-0.25, -0.2) is 0 Å². The SMILES string of the molecule is CC(C)c1cccc(C(C)C)c1-c1cc(-c2cccc(-c3cccc(-c4ccccc4)c3)c2)ccc1-c1cc[c-]c(-c2ccccn2)c1.[Ir].[c-]1ccc(-c2cccc(-c3cccc(-c4ccccc4)c3)c2)cc1-c1ccccn1. The molecule has 0 saturated heterocycles. The van der Waals surface area contributed by atoms with Crippen molar-refractivity contribution in [3.63, 3.8) is 0 Å². The maximum atomic E-state index is 4.62. The van der Waals surface area contributed by atoms with Crippen molar-refractivity contribution in [2.75, 3.05) is 0 Å². The van der Waals surface area contributed by atoms with E-state index in [9.17, 15) is 0 Å². The van der Waals surface area contributed by atoms with Gasteiger partial charge in [0.25, 0.3) is 0 Å². The minimum Gasteiger partial charge on any atom is -0.305 e. The summed E-state index contributed by atoms with van der Waals surface area (Å²) in [6.45, 7) is 9.21. The molecule has 12 aromatic rings. The fourth-order valence-electron chi connectivity index (χ4n) is 10.4. The van der Waals surface area contributed by atoms with Crippen molar-refractivity contribution in [3.8, 4) is 112 Å². The van der Waals surface area contributed by atoms with Crippen LogP contribution in [-0.4, -0.2) is 9.97 Å². The third kappa shape index (κ3) is 12.5. The van der Waals surface area contributed by atoms with Crippen LogP contribution in [0.3, 0.4) is 0 Å². The maximum Gasteiger partial charge on any atom is 0.0160 e. The molecule has 2 nitrogen and oxygen atoms in total. The summed E-state index contributed by atoms with van der Waals surface area (Å²) in [5, 5.41) is 0. The maximum absolute atomic E-state index is 4.62. The van der Waals surface area contributed by atoms with E-state index in [-0.39, 0.29) is 20.1 Å². The second-order valence-electron chi connectivity index (χ2n) is 20.3. The van der Waals surface area contributed by atoms with Crippen molar-refractivity contribution >= 4 is 0 Å². The predicted molar refractivity (Wildman–Crippen MR) is 329 cm³/mol. The zero-order chi connectivity index (χ0) is 53.2. The molecule has 0 saturated carbocycles. The van der Waals surface area contributed by atoms with Gasteiger partial charge in [-0.3, -0.25) is 0 Å². The Labute approximate surface area is 480 Å². The zero-order valence-corrected chi connectivity index (χ0v) is 47.3. The molecule has 0 N–H and O–H groups in total. The van der Waals surface area contributed by atoms with Crippen molar-refractivity contribution in [2.24, 2.45) is 0 Å². The van der Waals surface area contributed by atoms with Crippen molar-refractivity contribution < 1.29 is 20.1 Å². The molecule has 10 aromatic carbocycles. The molecule has 0 amide bonds. The molecule has 1 radical (unpaired) electrons. The molecule has 0 aliphatic carbocycles. The van der Waals surface area contributed by atoms with Crippen LogP contribution in [0.4, 0.5) is 0 Å². The van der Waals surface area contributed by atoms with E-state index >= 15 is 0 Å². The fourth-order valence-corrected chi connectivity index (χ4v) is 10.4. The van der Waals surface area contributed by atoms with Gasteiger partial charge in [-0.15, -0.1) is 70.8 Å². The number of pyridine rings is 2. The predicted octanol–water partition coefficient (Wildman–Crippen LogP) is 20.7. The van der Waals surface area contributed by atoms with E-state index in [1.54, 1.807) is 0 Å². The summed E-state index contributed by atoms with van der Waals surface area (Å²) >= 11 is 0. The number of aromatic nitrogens is 2. The number of benzene rings is 10. The summed E-state index contributed by atoms with van der Waals surface area (Å²) in [5.41, 5.74) is 26.1. The molecule has 79 heavy (non-hydrogen) atoms. The van der Waals surface area contributed by atoms with Crippen molar-refractivity contribution in [1.82, 2.24) is 9.97 Å². The monoisotopic (exact) mass is 1190 g/mol. The van der Waals surface area contributed by atoms with E-state index in [0.717, 1.165) is 33.6 Å². The van der Waals surface area contributed by atoms with Gasteiger partial charge in [0, 0.05) is 32.5 Å². The Morgan fingerprint density at radius 1 is 0.278 bits per heavy atom. The molecule has 2 heterocycles. The van der Waals surface area contributed by atoms with E-state index in [1.807, 2.05) is 67.0 Å². The second-order valence-corrected chi connectivity index (χ2v) is 20.3. The van der Waals surface area contributed by atoms with Gasteiger partial charge in [0.2, 0.25) is 0 Å². The van der Waals surface area contributed by atoms with Crippen LogP contribution in [0.1, 0.15) is 50.7 Å². The first-order valence-electron chi connectivity index (χ1n) is 27.0. The first kappa shape index (κ1) is 53.5. The van der Waals surface area contributed by atoms with E-state index in [0.29, 0.717) is 11.8 Å². The number of nitrogens with zero attached hydrogens (tertiary/aromatic N) is 2. The Morgan fingerprint density at radius 2 is 0.620 bits per heavy atom. The third-order valence-electron chi connectivity index (χ3n) is 14.5. The Hall–Kier alpha value is -8.85. The molecule has 0 spiro atoms. The number of hydrogen-bond acceptors (Lipinski definition) is 2. The van der Waals surface area contributed by atoms with Gasteiger partial charge in [-0.05, 0) is 155 Å². The van der Waals surface area contributed by atoms with Crippen LogP contribution in [0.5, 0.6) is 0 Å². The van der Waals surface area contributed by atoms with Crippen LogP contribution in [-0.2, 0) is 20.1 Å². The van der Waals surface area contributed by atoms with Gasteiger partial charge in [0.1, 0.15) is 0 Å². The summed E-state index contributed by atoms with van der Waals surface area (Å²) in [5.74, 6) is 0.757. The first-order valence-corrected chi connectivity index (χ1v) is 27.0. The minimum absolute atomic E-state index is 0. The van der Waals surface area contributed by atoms with Crippen LogP contribution in [0.2, 0.25) is 0 Å². The molecular weight excluding hydrogens is 1130 g/mol.